The highest BCUT2D eigenvalue weighted by atomic mass is 16.5. The molecule has 2 heterocycles. The molecule has 1 aliphatic heterocycles. The van der Waals surface area contributed by atoms with Gasteiger partial charge < -0.3 is 18.8 Å². The molecule has 0 aliphatic carbocycles. The van der Waals surface area contributed by atoms with Crippen LogP contribution in [0.3, 0.4) is 0 Å². The minimum atomic E-state index is -0.627. The number of aryl methyl sites for hydroxylation is 2. The van der Waals surface area contributed by atoms with Crippen molar-refractivity contribution in [1.82, 2.24) is 4.90 Å². The van der Waals surface area contributed by atoms with Gasteiger partial charge in [-0.1, -0.05) is 56.3 Å². The topological polar surface area (TPSA) is 69.0 Å². The minimum absolute atomic E-state index is 0.105. The van der Waals surface area contributed by atoms with E-state index >= 15 is 0 Å². The number of amides is 1. The van der Waals surface area contributed by atoms with Gasteiger partial charge in [-0.15, -0.1) is 0 Å². The van der Waals surface area contributed by atoms with Crippen molar-refractivity contribution in [3.8, 4) is 11.5 Å². The molecule has 3 aromatic carbocycles. The molecule has 1 atom stereocenters. The highest BCUT2D eigenvalue weighted by Crippen LogP contribution is 2.42. The number of ether oxygens (including phenoxy) is 2. The van der Waals surface area contributed by atoms with Gasteiger partial charge in [0.05, 0.1) is 30.2 Å². The molecule has 1 amide bonds. The molecular formula is C33H35NO5. The predicted molar refractivity (Wildman–Crippen MR) is 153 cm³/mol. The monoisotopic (exact) mass is 525 g/mol. The number of hydrogen-bond acceptors (Lipinski definition) is 5. The van der Waals surface area contributed by atoms with E-state index in [2.05, 4.69) is 13.8 Å². The van der Waals surface area contributed by atoms with Crippen molar-refractivity contribution < 1.29 is 18.7 Å². The van der Waals surface area contributed by atoms with Crippen molar-refractivity contribution in [2.45, 2.75) is 53.6 Å². The van der Waals surface area contributed by atoms with Gasteiger partial charge in [-0.2, -0.15) is 0 Å². The summed E-state index contributed by atoms with van der Waals surface area (Å²) in [6, 6.07) is 18.6. The van der Waals surface area contributed by atoms with E-state index in [1.807, 2.05) is 81.4 Å². The molecule has 1 aromatic heterocycles. The zero-order chi connectivity index (χ0) is 27.7. The van der Waals surface area contributed by atoms with Crippen LogP contribution >= 0.6 is 0 Å². The van der Waals surface area contributed by atoms with Gasteiger partial charge in [0.2, 0.25) is 5.76 Å². The Bertz CT molecular complexity index is 1570. The van der Waals surface area contributed by atoms with Gasteiger partial charge in [-0.05, 0) is 73.6 Å². The van der Waals surface area contributed by atoms with Gasteiger partial charge in [0.25, 0.3) is 5.91 Å². The first kappa shape index (κ1) is 26.5. The third kappa shape index (κ3) is 5.16. The molecule has 5 rings (SSSR count). The van der Waals surface area contributed by atoms with Crippen LogP contribution in [0.5, 0.6) is 11.5 Å². The van der Waals surface area contributed by atoms with Crippen LogP contribution < -0.4 is 14.9 Å². The molecule has 4 aromatic rings. The quantitative estimate of drug-likeness (QED) is 0.236. The summed E-state index contributed by atoms with van der Waals surface area (Å²) in [5.41, 5.74) is 4.17. The number of hydrogen-bond donors (Lipinski definition) is 0. The number of carbonyl (C=O) groups is 1. The van der Waals surface area contributed by atoms with Gasteiger partial charge in [0.1, 0.15) is 5.58 Å². The first-order valence-corrected chi connectivity index (χ1v) is 13.6. The molecule has 6 heteroatoms. The predicted octanol–water partition coefficient (Wildman–Crippen LogP) is 6.98. The van der Waals surface area contributed by atoms with Crippen LogP contribution in [0.15, 0.2) is 69.9 Å². The summed E-state index contributed by atoms with van der Waals surface area (Å²) in [6.07, 6.45) is 0.926. The van der Waals surface area contributed by atoms with Crippen molar-refractivity contribution in [3.05, 3.63) is 104 Å². The third-order valence-electron chi connectivity index (χ3n) is 7.14. The van der Waals surface area contributed by atoms with E-state index in [1.165, 1.54) is 0 Å². The molecular weight excluding hydrogens is 490 g/mol. The second kappa shape index (κ2) is 11.0. The van der Waals surface area contributed by atoms with Crippen molar-refractivity contribution in [3.63, 3.8) is 0 Å². The third-order valence-corrected chi connectivity index (χ3v) is 7.14. The Labute approximate surface area is 229 Å². The van der Waals surface area contributed by atoms with Gasteiger partial charge in [-0.25, -0.2) is 0 Å². The molecule has 0 spiro atoms. The summed E-state index contributed by atoms with van der Waals surface area (Å²) in [7, 11) is 0. The largest absolute Gasteiger partial charge is 0.490 e. The van der Waals surface area contributed by atoms with Gasteiger partial charge >= 0.3 is 0 Å². The molecule has 0 fully saturated rings. The van der Waals surface area contributed by atoms with E-state index in [0.29, 0.717) is 53.7 Å². The van der Waals surface area contributed by atoms with Crippen LogP contribution in [0, 0.1) is 19.8 Å². The minimum Gasteiger partial charge on any atom is -0.490 e. The highest BCUT2D eigenvalue weighted by Gasteiger charge is 2.43. The summed E-state index contributed by atoms with van der Waals surface area (Å²) < 4.78 is 18.2. The molecule has 0 radical (unpaired) electrons. The summed E-state index contributed by atoms with van der Waals surface area (Å²) in [5.74, 6) is 1.57. The van der Waals surface area contributed by atoms with E-state index in [-0.39, 0.29) is 17.1 Å². The Morgan fingerprint density at radius 2 is 1.72 bits per heavy atom. The summed E-state index contributed by atoms with van der Waals surface area (Å²) >= 11 is 0. The smallest absolute Gasteiger partial charge is 0.291 e. The van der Waals surface area contributed by atoms with E-state index in [0.717, 1.165) is 28.7 Å². The lowest BCUT2D eigenvalue weighted by atomic mass is 9.96. The normalized spacial score (nSPS) is 14.8. The Morgan fingerprint density at radius 1 is 0.949 bits per heavy atom. The lowest BCUT2D eigenvalue weighted by molar-refractivity contribution is 0.0714. The fourth-order valence-corrected chi connectivity index (χ4v) is 5.29. The lowest BCUT2D eigenvalue weighted by Gasteiger charge is -2.26. The second-order valence-electron chi connectivity index (χ2n) is 10.6. The van der Waals surface area contributed by atoms with E-state index in [4.69, 9.17) is 13.9 Å². The number of fused-ring (bicyclic) bond motifs is 2. The zero-order valence-electron chi connectivity index (χ0n) is 23.2. The van der Waals surface area contributed by atoms with E-state index in [9.17, 15) is 9.59 Å². The molecule has 39 heavy (non-hydrogen) atoms. The maximum atomic E-state index is 14.1. The van der Waals surface area contributed by atoms with Crippen LogP contribution in [-0.4, -0.2) is 24.0 Å². The number of carbonyl (C=O) groups excluding carboxylic acids is 1. The number of nitrogens with zero attached hydrogens (tertiary/aromatic N) is 1. The molecule has 0 saturated heterocycles. The van der Waals surface area contributed by atoms with Gasteiger partial charge in [0, 0.05) is 6.54 Å². The molecule has 0 bridgehead atoms. The molecule has 6 nitrogen and oxygen atoms in total. The lowest BCUT2D eigenvalue weighted by Crippen LogP contribution is -2.29. The standard InChI is InChI=1S/C33H35NO5/c1-6-37-26-18-24(12-13-25(26)38-15-14-20(2)3)30-29-31(35)28-22(5)16-21(4)17-27(28)39-32(29)33(36)34(30)19-23-10-8-7-9-11-23/h7-13,16-18,20,30H,6,14-15,19H2,1-5H3. The van der Waals surface area contributed by atoms with Crippen LogP contribution in [-0.2, 0) is 6.54 Å². The molecule has 0 saturated carbocycles. The average Bonchev–Trinajstić information content (AvgIpc) is 3.16. The fraction of sp³-hybridized carbons (Fsp3) is 0.333. The van der Waals surface area contributed by atoms with Gasteiger partial charge in [0.15, 0.2) is 16.9 Å². The molecule has 1 aliphatic rings. The average molecular weight is 526 g/mol. The molecule has 0 N–H and O–H groups in total. The number of benzene rings is 3. The van der Waals surface area contributed by atoms with Crippen molar-refractivity contribution >= 4 is 16.9 Å². The summed E-state index contributed by atoms with van der Waals surface area (Å²) in [6.45, 7) is 11.5. The Balaban J connectivity index is 1.66. The first-order valence-electron chi connectivity index (χ1n) is 13.6. The van der Waals surface area contributed by atoms with Crippen molar-refractivity contribution in [1.29, 1.82) is 0 Å². The summed E-state index contributed by atoms with van der Waals surface area (Å²) in [4.78, 5) is 29.7. The Morgan fingerprint density at radius 3 is 2.44 bits per heavy atom. The zero-order valence-corrected chi connectivity index (χ0v) is 23.2. The van der Waals surface area contributed by atoms with Crippen LogP contribution in [0.1, 0.15) is 71.6 Å². The van der Waals surface area contributed by atoms with E-state index < -0.39 is 6.04 Å². The first-order chi connectivity index (χ1) is 18.8. The van der Waals surface area contributed by atoms with Crippen LogP contribution in [0.2, 0.25) is 0 Å². The highest BCUT2D eigenvalue weighted by molar-refractivity contribution is 5.99. The second-order valence-corrected chi connectivity index (χ2v) is 10.6. The molecule has 1 unspecified atom stereocenters. The molecule has 202 valence electrons. The maximum absolute atomic E-state index is 14.1. The Kier molecular flexibility index (Phi) is 7.47. The van der Waals surface area contributed by atoms with Gasteiger partial charge in [-0.3, -0.25) is 9.59 Å². The number of rotatable bonds is 9. The van der Waals surface area contributed by atoms with Crippen molar-refractivity contribution in [2.75, 3.05) is 13.2 Å². The van der Waals surface area contributed by atoms with E-state index in [1.54, 1.807) is 4.90 Å². The fourth-order valence-electron chi connectivity index (χ4n) is 5.29. The summed E-state index contributed by atoms with van der Waals surface area (Å²) in [5, 5.41) is 0.511. The SMILES string of the molecule is CCOc1cc(C2c3c(oc4cc(C)cc(C)c4c3=O)C(=O)N2Cc2ccccc2)ccc1OCCC(C)C. The van der Waals surface area contributed by atoms with Crippen LogP contribution in [0.25, 0.3) is 11.0 Å². The maximum Gasteiger partial charge on any atom is 0.291 e. The van der Waals surface area contributed by atoms with Crippen molar-refractivity contribution in [2.24, 2.45) is 5.92 Å². The Hall–Kier alpha value is -4.06. The van der Waals surface area contributed by atoms with Crippen LogP contribution in [0.4, 0.5) is 0 Å².